The van der Waals surface area contributed by atoms with Gasteiger partial charge in [-0.1, -0.05) is 30.3 Å². The Balaban J connectivity index is 1.37. The van der Waals surface area contributed by atoms with E-state index >= 15 is 0 Å². The predicted molar refractivity (Wildman–Crippen MR) is 166 cm³/mol. The molecule has 0 radical (unpaired) electrons. The lowest BCUT2D eigenvalue weighted by atomic mass is 9.60. The van der Waals surface area contributed by atoms with E-state index in [1.165, 1.54) is 6.08 Å². The van der Waals surface area contributed by atoms with Crippen LogP contribution in [0, 0.1) is 19.3 Å². The molecule has 10 heteroatoms. The topological polar surface area (TPSA) is 99.1 Å². The molecule has 0 atom stereocenters. The minimum atomic E-state index is -0.101. The maximum Gasteiger partial charge on any atom is 0.251 e. The fourth-order valence-corrected chi connectivity index (χ4v) is 6.77. The molecule has 4 aromatic rings. The van der Waals surface area contributed by atoms with Crippen molar-refractivity contribution in [3.8, 4) is 22.4 Å². The van der Waals surface area contributed by atoms with E-state index in [1.54, 1.807) is 0 Å². The number of hydrogen-bond acceptors (Lipinski definition) is 5. The number of amides is 2. The largest absolute Gasteiger partial charge is 0.351 e. The second kappa shape index (κ2) is 10.7. The number of likely N-dealkylation sites (N-methyl/N-ethyl adjacent to an activating group) is 1. The van der Waals surface area contributed by atoms with Crippen molar-refractivity contribution in [1.29, 1.82) is 0 Å². The number of hydrogen-bond donors (Lipinski definition) is 2. The number of H-pyrrole nitrogens is 1. The van der Waals surface area contributed by atoms with Crippen molar-refractivity contribution in [2.24, 2.45) is 5.41 Å². The summed E-state index contributed by atoms with van der Waals surface area (Å²) >= 11 is 7.02. The first-order valence-electron chi connectivity index (χ1n) is 14.3. The van der Waals surface area contributed by atoms with Gasteiger partial charge < -0.3 is 15.1 Å². The Morgan fingerprint density at radius 1 is 1.19 bits per heavy atom. The summed E-state index contributed by atoms with van der Waals surface area (Å²) in [6, 6.07) is 9.85. The lowest BCUT2D eigenvalue weighted by Crippen LogP contribution is -2.63. The van der Waals surface area contributed by atoms with Crippen LogP contribution in [-0.4, -0.2) is 81.9 Å². The number of likely N-dealkylation sites (tertiary alicyclic amines) is 1. The van der Waals surface area contributed by atoms with Crippen LogP contribution < -0.4 is 5.32 Å². The summed E-state index contributed by atoms with van der Waals surface area (Å²) < 4.78 is 2.14. The first kappa shape index (κ1) is 28.2. The summed E-state index contributed by atoms with van der Waals surface area (Å²) in [7, 11) is 3.96. The van der Waals surface area contributed by atoms with Crippen molar-refractivity contribution >= 4 is 34.3 Å². The second-order valence-electron chi connectivity index (χ2n) is 12.1. The third kappa shape index (κ3) is 4.80. The number of benzene rings is 2. The van der Waals surface area contributed by atoms with Gasteiger partial charge in [0.2, 0.25) is 5.91 Å². The molecular weight excluding hydrogens is 550 g/mol. The van der Waals surface area contributed by atoms with Gasteiger partial charge in [-0.2, -0.15) is 10.2 Å². The molecule has 0 bridgehead atoms. The Hall–Kier alpha value is -3.95. The highest BCUT2D eigenvalue weighted by atomic mass is 35.5. The molecule has 1 spiro atoms. The van der Waals surface area contributed by atoms with Crippen LogP contribution in [0.15, 0.2) is 49.2 Å². The SMILES string of the molecule is C=CC(=O)N1CC2(CC(n3nc(-c4ccc(C(=O)NCCN(C)C)cc4)c(-c4c(Cl)c(C)cc5[nH]ncc45)c3C)C2)C1. The van der Waals surface area contributed by atoms with Crippen LogP contribution in [0.5, 0.6) is 0 Å². The monoisotopic (exact) mass is 585 g/mol. The van der Waals surface area contributed by atoms with Crippen LogP contribution in [0.25, 0.3) is 33.3 Å². The van der Waals surface area contributed by atoms with E-state index < -0.39 is 0 Å². The Labute approximate surface area is 250 Å². The first-order chi connectivity index (χ1) is 20.1. The molecule has 1 saturated carbocycles. The lowest BCUT2D eigenvalue weighted by molar-refractivity contribution is -0.149. The highest BCUT2D eigenvalue weighted by Gasteiger charge is 2.54. The standard InChI is InChI=1S/C32H36ClN7O2/c1-6-26(41)39-17-32(18-39)14-23(15-32)40-20(3)27(28-24-16-35-36-25(24)13-19(2)29(28)33)30(37-40)21-7-9-22(10-8-21)31(42)34-11-12-38(4)5/h6-10,13,16,23H,1,11-12,14-15,17-18H2,2-5H3,(H,34,42)(H,35,36). The third-order valence-corrected chi connectivity index (χ3v) is 9.24. The molecule has 1 saturated heterocycles. The van der Waals surface area contributed by atoms with Crippen molar-refractivity contribution in [2.45, 2.75) is 32.7 Å². The quantitative estimate of drug-likeness (QED) is 0.283. The summed E-state index contributed by atoms with van der Waals surface area (Å²) in [6.45, 7) is 10.6. The van der Waals surface area contributed by atoms with Gasteiger partial charge in [-0.15, -0.1) is 0 Å². The fourth-order valence-electron chi connectivity index (χ4n) is 6.51. The summed E-state index contributed by atoms with van der Waals surface area (Å²) in [6.07, 6.45) is 5.13. The number of halogens is 1. The number of aromatic amines is 1. The summed E-state index contributed by atoms with van der Waals surface area (Å²) in [5.74, 6) is -0.103. The number of carbonyl (C=O) groups is 2. The van der Waals surface area contributed by atoms with Crippen molar-refractivity contribution in [1.82, 2.24) is 35.1 Å². The number of carbonyl (C=O) groups excluding carboxylic acids is 2. The summed E-state index contributed by atoms with van der Waals surface area (Å²) in [5, 5.41) is 17.2. The van der Waals surface area contributed by atoms with E-state index in [0.717, 1.165) is 77.0 Å². The van der Waals surface area contributed by atoms with E-state index in [2.05, 4.69) is 33.7 Å². The average Bonchev–Trinajstić information content (AvgIpc) is 3.52. The molecule has 0 unspecified atom stereocenters. The zero-order chi connectivity index (χ0) is 29.8. The van der Waals surface area contributed by atoms with Gasteiger partial charge in [0.15, 0.2) is 0 Å². The van der Waals surface area contributed by atoms with Gasteiger partial charge in [-0.3, -0.25) is 19.4 Å². The number of nitrogens with one attached hydrogen (secondary N) is 2. The molecule has 1 aliphatic heterocycles. The average molecular weight is 586 g/mol. The molecule has 2 aromatic carbocycles. The minimum absolute atomic E-state index is 0.00281. The number of aromatic nitrogens is 4. The van der Waals surface area contributed by atoms with E-state index in [9.17, 15) is 9.59 Å². The molecule has 2 amide bonds. The van der Waals surface area contributed by atoms with E-state index in [0.29, 0.717) is 17.1 Å². The minimum Gasteiger partial charge on any atom is -0.351 e. The van der Waals surface area contributed by atoms with Gasteiger partial charge in [-0.25, -0.2) is 0 Å². The number of fused-ring (bicyclic) bond motifs is 1. The smallest absolute Gasteiger partial charge is 0.251 e. The summed E-state index contributed by atoms with van der Waals surface area (Å²) in [5.41, 5.74) is 7.26. The second-order valence-corrected chi connectivity index (χ2v) is 12.4. The molecule has 2 aromatic heterocycles. The molecule has 6 rings (SSSR count). The van der Waals surface area contributed by atoms with Gasteiger partial charge >= 0.3 is 0 Å². The third-order valence-electron chi connectivity index (χ3n) is 8.75. The molecule has 3 heterocycles. The molecule has 1 aliphatic carbocycles. The molecule has 2 N–H and O–H groups in total. The Kier molecular flexibility index (Phi) is 7.19. The molecular formula is C32H36ClN7O2. The van der Waals surface area contributed by atoms with Crippen molar-refractivity contribution in [3.63, 3.8) is 0 Å². The Bertz CT molecular complexity index is 1690. The molecule has 218 valence electrons. The van der Waals surface area contributed by atoms with Crippen LogP contribution in [0.3, 0.4) is 0 Å². The summed E-state index contributed by atoms with van der Waals surface area (Å²) in [4.78, 5) is 28.6. The van der Waals surface area contributed by atoms with Gasteiger partial charge in [-0.05, 0) is 70.6 Å². The zero-order valence-electron chi connectivity index (χ0n) is 24.5. The van der Waals surface area contributed by atoms with Crippen LogP contribution in [0.4, 0.5) is 0 Å². The van der Waals surface area contributed by atoms with Crippen LogP contribution >= 0.6 is 11.6 Å². The highest BCUT2D eigenvalue weighted by Crippen LogP contribution is 2.55. The fraction of sp³-hybridized carbons (Fsp3) is 0.375. The molecule has 2 aliphatic rings. The normalized spacial score (nSPS) is 16.1. The van der Waals surface area contributed by atoms with Crippen LogP contribution in [-0.2, 0) is 4.79 Å². The zero-order valence-corrected chi connectivity index (χ0v) is 25.3. The molecule has 42 heavy (non-hydrogen) atoms. The van der Waals surface area contributed by atoms with Gasteiger partial charge in [0.1, 0.15) is 5.69 Å². The highest BCUT2D eigenvalue weighted by molar-refractivity contribution is 6.36. The van der Waals surface area contributed by atoms with Crippen LogP contribution in [0.1, 0.15) is 40.5 Å². The van der Waals surface area contributed by atoms with Gasteiger partial charge in [0.25, 0.3) is 5.91 Å². The maximum atomic E-state index is 12.7. The molecule has 2 fully saturated rings. The lowest BCUT2D eigenvalue weighted by Gasteiger charge is -2.58. The van der Waals surface area contributed by atoms with Crippen molar-refractivity contribution in [3.05, 3.63) is 71.0 Å². The molecule has 9 nitrogen and oxygen atoms in total. The van der Waals surface area contributed by atoms with E-state index in [-0.39, 0.29) is 23.3 Å². The first-order valence-corrected chi connectivity index (χ1v) is 14.6. The maximum absolute atomic E-state index is 12.7. The van der Waals surface area contributed by atoms with Gasteiger partial charge in [0, 0.05) is 64.9 Å². The van der Waals surface area contributed by atoms with Crippen molar-refractivity contribution < 1.29 is 9.59 Å². The Morgan fingerprint density at radius 3 is 2.57 bits per heavy atom. The van der Waals surface area contributed by atoms with E-state index in [4.69, 9.17) is 16.7 Å². The van der Waals surface area contributed by atoms with Gasteiger partial charge in [0.05, 0.1) is 22.8 Å². The van der Waals surface area contributed by atoms with Crippen molar-refractivity contribution in [2.75, 3.05) is 40.3 Å². The van der Waals surface area contributed by atoms with E-state index in [1.807, 2.05) is 67.3 Å². The number of nitrogens with zero attached hydrogens (tertiary/aromatic N) is 5. The predicted octanol–water partition coefficient (Wildman–Crippen LogP) is 5.00. The van der Waals surface area contributed by atoms with Crippen LogP contribution in [0.2, 0.25) is 5.02 Å². The number of rotatable bonds is 8. The number of aryl methyl sites for hydroxylation is 1. The Morgan fingerprint density at radius 2 is 1.90 bits per heavy atom.